The molecular weight excluding hydrogens is 517 g/mol. The highest BCUT2D eigenvalue weighted by Crippen LogP contribution is 2.29. The lowest BCUT2D eigenvalue weighted by Crippen LogP contribution is -2.39. The highest BCUT2D eigenvalue weighted by molar-refractivity contribution is 7.06. The number of ether oxygens (including phenoxy) is 1. The maximum atomic E-state index is 14.4. The smallest absolute Gasteiger partial charge is 0.434 e. The van der Waals surface area contributed by atoms with Crippen LogP contribution in [0.25, 0.3) is 0 Å². The third-order valence-corrected chi connectivity index (χ3v) is 6.83. The van der Waals surface area contributed by atoms with E-state index in [1.807, 2.05) is 4.90 Å². The Labute approximate surface area is 213 Å². The van der Waals surface area contributed by atoms with Gasteiger partial charge in [0.2, 0.25) is 0 Å². The molecule has 1 N–H and O–H groups in total. The molecule has 37 heavy (non-hydrogen) atoms. The fourth-order valence-corrected chi connectivity index (χ4v) is 4.92. The highest BCUT2D eigenvalue weighted by atomic mass is 32.1. The molecular formula is C24H24F5N5O2S. The van der Waals surface area contributed by atoms with Crippen LogP contribution in [-0.4, -0.2) is 57.6 Å². The number of hydrogen-bond acceptors (Lipinski definition) is 7. The molecule has 0 unspecified atom stereocenters. The van der Waals surface area contributed by atoms with Gasteiger partial charge in [-0.05, 0) is 43.4 Å². The van der Waals surface area contributed by atoms with Crippen molar-refractivity contribution >= 4 is 23.1 Å². The van der Waals surface area contributed by atoms with E-state index in [9.17, 15) is 26.7 Å². The van der Waals surface area contributed by atoms with Gasteiger partial charge in [0, 0.05) is 48.9 Å². The van der Waals surface area contributed by atoms with Crippen LogP contribution in [-0.2, 0) is 12.6 Å². The number of halogens is 5. The van der Waals surface area contributed by atoms with Crippen LogP contribution in [0.4, 0.5) is 27.6 Å². The van der Waals surface area contributed by atoms with Crippen LogP contribution in [0.1, 0.15) is 45.2 Å². The van der Waals surface area contributed by atoms with Crippen molar-refractivity contribution in [2.75, 3.05) is 31.6 Å². The van der Waals surface area contributed by atoms with Gasteiger partial charge in [0.1, 0.15) is 12.8 Å². The van der Waals surface area contributed by atoms with Crippen molar-refractivity contribution in [1.29, 1.82) is 0 Å². The number of hydrogen-bond donors (Lipinski definition) is 1. The Bertz CT molecular complexity index is 1240. The minimum absolute atomic E-state index is 0.0126. The van der Waals surface area contributed by atoms with Crippen molar-refractivity contribution in [2.24, 2.45) is 0 Å². The Morgan fingerprint density at radius 1 is 1.24 bits per heavy atom. The topological polar surface area (TPSA) is 80.2 Å². The molecule has 2 aromatic heterocycles. The van der Waals surface area contributed by atoms with E-state index in [0.29, 0.717) is 49.2 Å². The van der Waals surface area contributed by atoms with Gasteiger partial charge in [-0.2, -0.15) is 17.5 Å². The number of nitrogens with zero attached hydrogens (tertiary/aromatic N) is 4. The van der Waals surface area contributed by atoms with Crippen molar-refractivity contribution in [1.82, 2.24) is 19.2 Å². The zero-order valence-electron chi connectivity index (χ0n) is 19.8. The average Bonchev–Trinajstić information content (AvgIpc) is 3.22. The predicted molar refractivity (Wildman–Crippen MR) is 127 cm³/mol. The van der Waals surface area contributed by atoms with Crippen LogP contribution in [0.15, 0.2) is 30.6 Å². The molecule has 1 amide bonds. The number of alkyl halides is 4. The van der Waals surface area contributed by atoms with E-state index in [0.717, 1.165) is 11.5 Å². The van der Waals surface area contributed by atoms with E-state index in [1.54, 1.807) is 6.92 Å². The number of anilines is 1. The number of nitrogens with one attached hydrogen (secondary N) is 1. The van der Waals surface area contributed by atoms with Crippen molar-refractivity contribution in [3.8, 4) is 5.75 Å². The van der Waals surface area contributed by atoms with Gasteiger partial charge in [-0.15, -0.1) is 0 Å². The molecule has 198 valence electrons. The maximum Gasteiger partial charge on any atom is 0.434 e. The monoisotopic (exact) mass is 541 g/mol. The number of rotatable bonds is 8. The van der Waals surface area contributed by atoms with Crippen molar-refractivity contribution in [2.45, 2.75) is 38.5 Å². The lowest BCUT2D eigenvalue weighted by molar-refractivity contribution is -0.141. The van der Waals surface area contributed by atoms with Crippen LogP contribution in [0.3, 0.4) is 0 Å². The standard InChI is InChI=1S/C24H24F5N5O2S/c1-14-22(20(37-33-14)11-16-12-30-13-21(31-16)24(27,28)29)23(35)32-15-2-3-18(26)19(10-15)36-17-4-7-34(8-5-17)9-6-25/h2-3,10,12-13,17H,4-9,11H2,1H3,(H,32,35). The summed E-state index contributed by atoms with van der Waals surface area (Å²) in [6.07, 6.45) is -1.85. The quantitative estimate of drug-likeness (QED) is 0.402. The second kappa shape index (κ2) is 11.5. The number of piperidine rings is 1. The molecule has 0 spiro atoms. The third kappa shape index (κ3) is 6.77. The molecule has 3 aromatic rings. The second-order valence-corrected chi connectivity index (χ2v) is 9.44. The molecule has 1 fully saturated rings. The molecule has 13 heteroatoms. The molecule has 0 atom stereocenters. The normalized spacial score (nSPS) is 15.1. The fourth-order valence-electron chi connectivity index (χ4n) is 4.04. The number of carbonyl (C=O) groups is 1. The van der Waals surface area contributed by atoms with Gasteiger partial charge in [0.25, 0.3) is 5.91 Å². The van der Waals surface area contributed by atoms with E-state index in [4.69, 9.17) is 4.74 Å². The molecule has 0 saturated carbocycles. The molecule has 1 saturated heterocycles. The molecule has 0 aliphatic carbocycles. The summed E-state index contributed by atoms with van der Waals surface area (Å²) in [7, 11) is 0. The SMILES string of the molecule is Cc1nsc(Cc2cncc(C(F)(F)F)n2)c1C(=O)Nc1ccc(F)c(OC2CCN(CCF)CC2)c1. The molecule has 1 aliphatic heterocycles. The van der Waals surface area contributed by atoms with E-state index in [1.165, 1.54) is 24.4 Å². The summed E-state index contributed by atoms with van der Waals surface area (Å²) in [5.74, 6) is -1.14. The van der Waals surface area contributed by atoms with Gasteiger partial charge in [0.05, 0.1) is 23.1 Å². The summed E-state index contributed by atoms with van der Waals surface area (Å²) in [6, 6.07) is 3.95. The Morgan fingerprint density at radius 3 is 2.70 bits per heavy atom. The van der Waals surface area contributed by atoms with Crippen LogP contribution >= 0.6 is 11.5 Å². The molecule has 3 heterocycles. The first-order valence-corrected chi connectivity index (χ1v) is 12.3. The van der Waals surface area contributed by atoms with Gasteiger partial charge in [0.15, 0.2) is 17.3 Å². The number of likely N-dealkylation sites (tertiary alicyclic amines) is 1. The summed E-state index contributed by atoms with van der Waals surface area (Å²) >= 11 is 0.984. The minimum Gasteiger partial charge on any atom is -0.487 e. The summed E-state index contributed by atoms with van der Waals surface area (Å²) in [5, 5.41) is 2.69. The first kappa shape index (κ1) is 26.9. The van der Waals surface area contributed by atoms with E-state index >= 15 is 0 Å². The number of benzene rings is 1. The van der Waals surface area contributed by atoms with Crippen LogP contribution < -0.4 is 10.1 Å². The molecule has 4 rings (SSSR count). The average molecular weight is 542 g/mol. The predicted octanol–water partition coefficient (Wildman–Crippen LogP) is 5.06. The molecule has 0 bridgehead atoms. The van der Waals surface area contributed by atoms with Crippen molar-refractivity contribution in [3.05, 3.63) is 63.9 Å². The lowest BCUT2D eigenvalue weighted by Gasteiger charge is -2.31. The summed E-state index contributed by atoms with van der Waals surface area (Å²) in [6.45, 7) is 2.85. The lowest BCUT2D eigenvalue weighted by atomic mass is 10.1. The molecule has 7 nitrogen and oxygen atoms in total. The summed E-state index contributed by atoms with van der Waals surface area (Å²) in [4.78, 5) is 22.7. The Morgan fingerprint density at radius 2 is 2.00 bits per heavy atom. The van der Waals surface area contributed by atoms with Gasteiger partial charge >= 0.3 is 6.18 Å². The minimum atomic E-state index is -4.64. The van der Waals surface area contributed by atoms with Crippen LogP contribution in [0.5, 0.6) is 5.75 Å². The molecule has 1 aromatic carbocycles. The Hall–Kier alpha value is -3.19. The van der Waals surface area contributed by atoms with Gasteiger partial charge in [-0.25, -0.2) is 13.8 Å². The van der Waals surface area contributed by atoms with Gasteiger partial charge < -0.3 is 15.0 Å². The number of aromatic nitrogens is 3. The van der Waals surface area contributed by atoms with Crippen molar-refractivity contribution < 1.29 is 31.5 Å². The van der Waals surface area contributed by atoms with E-state index in [-0.39, 0.29) is 35.2 Å². The van der Waals surface area contributed by atoms with E-state index < -0.39 is 30.3 Å². The molecule has 1 aliphatic rings. The van der Waals surface area contributed by atoms with E-state index in [2.05, 4.69) is 19.7 Å². The summed E-state index contributed by atoms with van der Waals surface area (Å²) in [5.41, 5.74) is -0.189. The zero-order chi connectivity index (χ0) is 26.6. The van der Waals surface area contributed by atoms with Crippen LogP contribution in [0, 0.1) is 12.7 Å². The summed E-state index contributed by atoms with van der Waals surface area (Å²) < 4.78 is 75.9. The van der Waals surface area contributed by atoms with Gasteiger partial charge in [-0.3, -0.25) is 9.78 Å². The first-order valence-electron chi connectivity index (χ1n) is 11.5. The van der Waals surface area contributed by atoms with Crippen molar-refractivity contribution in [3.63, 3.8) is 0 Å². The zero-order valence-corrected chi connectivity index (χ0v) is 20.6. The highest BCUT2D eigenvalue weighted by Gasteiger charge is 2.33. The number of amides is 1. The third-order valence-electron chi connectivity index (χ3n) is 5.90. The Balaban J connectivity index is 1.46. The fraction of sp³-hybridized carbons (Fsp3) is 0.417. The second-order valence-electron chi connectivity index (χ2n) is 8.58. The first-order chi connectivity index (χ1) is 17.6. The van der Waals surface area contributed by atoms with Gasteiger partial charge in [-0.1, -0.05) is 0 Å². The Kier molecular flexibility index (Phi) is 8.32. The van der Waals surface area contributed by atoms with Crippen LogP contribution in [0.2, 0.25) is 0 Å². The number of carbonyl (C=O) groups excluding carboxylic acids is 1. The molecule has 0 radical (unpaired) electrons. The number of aryl methyl sites for hydroxylation is 1. The maximum absolute atomic E-state index is 14.4. The largest absolute Gasteiger partial charge is 0.487 e.